The summed E-state index contributed by atoms with van der Waals surface area (Å²) in [6.07, 6.45) is 6.99. The van der Waals surface area contributed by atoms with Crippen molar-refractivity contribution in [2.75, 3.05) is 7.11 Å². The summed E-state index contributed by atoms with van der Waals surface area (Å²) < 4.78 is 6.58. The second-order valence-corrected chi connectivity index (χ2v) is 5.77. The molecule has 0 spiro atoms. The van der Waals surface area contributed by atoms with Crippen molar-refractivity contribution in [1.82, 2.24) is 15.1 Å². The molecule has 0 fully saturated rings. The molecule has 1 aromatic rings. The van der Waals surface area contributed by atoms with E-state index in [9.17, 15) is 9.59 Å². The lowest BCUT2D eigenvalue weighted by molar-refractivity contribution is -0.117. The minimum Gasteiger partial charge on any atom is -0.479 e. The van der Waals surface area contributed by atoms with Gasteiger partial charge in [0.2, 0.25) is 5.88 Å². The van der Waals surface area contributed by atoms with E-state index in [1.165, 1.54) is 11.8 Å². The molecule has 1 unspecified atom stereocenters. The lowest BCUT2D eigenvalue weighted by Crippen LogP contribution is -2.35. The van der Waals surface area contributed by atoms with Crippen molar-refractivity contribution in [2.45, 2.75) is 13.8 Å². The van der Waals surface area contributed by atoms with Crippen LogP contribution in [0.5, 0.6) is 5.88 Å². The van der Waals surface area contributed by atoms with Crippen molar-refractivity contribution < 1.29 is 14.3 Å². The van der Waals surface area contributed by atoms with Gasteiger partial charge in [-0.15, -0.1) is 5.10 Å². The summed E-state index contributed by atoms with van der Waals surface area (Å²) in [4.78, 5) is 28.4. The van der Waals surface area contributed by atoms with Crippen LogP contribution in [0.25, 0.3) is 0 Å². The Hall–Kier alpha value is -2.96. The maximum absolute atomic E-state index is 12.4. The summed E-state index contributed by atoms with van der Waals surface area (Å²) in [5.41, 5.74) is 3.22. The molecule has 1 aliphatic carbocycles. The van der Waals surface area contributed by atoms with Crippen molar-refractivity contribution in [3.8, 4) is 5.88 Å². The number of fused-ring (bicyclic) bond motifs is 1. The summed E-state index contributed by atoms with van der Waals surface area (Å²) in [7, 11) is 3.16. The van der Waals surface area contributed by atoms with Gasteiger partial charge in [0.1, 0.15) is 5.56 Å². The molecule has 0 radical (unpaired) electrons. The maximum Gasteiger partial charge on any atom is 0.284 e. The van der Waals surface area contributed by atoms with E-state index in [-0.39, 0.29) is 17.7 Å². The minimum absolute atomic E-state index is 0.0182. The van der Waals surface area contributed by atoms with Crippen molar-refractivity contribution >= 4 is 17.5 Å². The Labute approximate surface area is 139 Å². The van der Waals surface area contributed by atoms with Gasteiger partial charge in [0.15, 0.2) is 0 Å². The van der Waals surface area contributed by atoms with Gasteiger partial charge in [-0.2, -0.15) is 0 Å². The first kappa shape index (κ1) is 15.9. The second kappa shape index (κ2) is 5.92. The Morgan fingerprint density at radius 1 is 1.42 bits per heavy atom. The molecule has 24 heavy (non-hydrogen) atoms. The number of aromatic nitrogens is 2. The number of aliphatic imine (C=N–C) groups is 1. The number of carbonyl (C=O) groups excluding carboxylic acids is 2. The molecule has 2 heterocycles. The number of hydrogen-bond acceptors (Lipinski definition) is 4. The number of ether oxygens (including phenoxy) is 1. The standard InChI is InChI=1S/C17H18N4O3/c1-9-10(2)15(22)19-14-7-11(5-6-12(9)14)18-16(23)13-8-21(3)20-17(13)24-4/h5-8,12H,1-4H3,(H,19,22). The highest BCUT2D eigenvalue weighted by atomic mass is 16.5. The van der Waals surface area contributed by atoms with Gasteiger partial charge in [0.25, 0.3) is 11.8 Å². The van der Waals surface area contributed by atoms with Crippen LogP contribution >= 0.6 is 0 Å². The van der Waals surface area contributed by atoms with E-state index >= 15 is 0 Å². The van der Waals surface area contributed by atoms with Crippen LogP contribution in [-0.2, 0) is 11.8 Å². The zero-order valence-electron chi connectivity index (χ0n) is 14.0. The molecule has 1 aliphatic heterocycles. The van der Waals surface area contributed by atoms with E-state index in [0.717, 1.165) is 16.8 Å². The summed E-state index contributed by atoms with van der Waals surface area (Å²) in [6.45, 7) is 3.74. The number of rotatable bonds is 2. The lowest BCUT2D eigenvalue weighted by Gasteiger charge is -2.28. The number of allylic oxidation sites excluding steroid dienone is 3. The summed E-state index contributed by atoms with van der Waals surface area (Å²) in [5.74, 6) is -0.312. The predicted molar refractivity (Wildman–Crippen MR) is 88.8 cm³/mol. The highest BCUT2D eigenvalue weighted by Crippen LogP contribution is 2.30. The molecule has 1 N–H and O–H groups in total. The van der Waals surface area contributed by atoms with Crippen LogP contribution in [0, 0.1) is 5.92 Å². The quantitative estimate of drug-likeness (QED) is 0.893. The third-order valence-electron chi connectivity index (χ3n) is 4.20. The van der Waals surface area contributed by atoms with E-state index in [1.54, 1.807) is 32.3 Å². The summed E-state index contributed by atoms with van der Waals surface area (Å²) in [6, 6.07) is 0. The number of carbonyl (C=O) groups is 2. The number of methoxy groups -OCH3 is 1. The Morgan fingerprint density at radius 3 is 2.88 bits per heavy atom. The van der Waals surface area contributed by atoms with Crippen LogP contribution in [0.2, 0.25) is 0 Å². The smallest absolute Gasteiger partial charge is 0.284 e. The van der Waals surface area contributed by atoms with E-state index in [4.69, 9.17) is 4.74 Å². The zero-order valence-corrected chi connectivity index (χ0v) is 14.0. The van der Waals surface area contributed by atoms with E-state index < -0.39 is 5.91 Å². The van der Waals surface area contributed by atoms with Gasteiger partial charge in [0.05, 0.1) is 12.8 Å². The molecule has 3 rings (SSSR count). The molecular weight excluding hydrogens is 308 g/mol. The normalized spacial score (nSPS) is 21.5. The van der Waals surface area contributed by atoms with Crippen LogP contribution in [-0.4, -0.2) is 34.4 Å². The highest BCUT2D eigenvalue weighted by molar-refractivity contribution is 6.14. The molecule has 2 amide bonds. The first-order chi connectivity index (χ1) is 11.4. The third kappa shape index (κ3) is 2.68. The fourth-order valence-corrected chi connectivity index (χ4v) is 2.74. The average Bonchev–Trinajstić information content (AvgIpc) is 2.94. The van der Waals surface area contributed by atoms with Crippen LogP contribution in [0.1, 0.15) is 24.2 Å². The number of amides is 2. The zero-order chi connectivity index (χ0) is 17.4. The number of nitrogens with one attached hydrogen (secondary N) is 1. The Morgan fingerprint density at radius 2 is 2.17 bits per heavy atom. The lowest BCUT2D eigenvalue weighted by atomic mass is 9.85. The molecule has 0 saturated heterocycles. The van der Waals surface area contributed by atoms with E-state index in [0.29, 0.717) is 11.3 Å². The van der Waals surface area contributed by atoms with Crippen LogP contribution in [0.4, 0.5) is 0 Å². The molecule has 1 aromatic heterocycles. The van der Waals surface area contributed by atoms with Gasteiger partial charge >= 0.3 is 0 Å². The molecule has 2 aliphatic rings. The largest absolute Gasteiger partial charge is 0.479 e. The third-order valence-corrected chi connectivity index (χ3v) is 4.20. The first-order valence-electron chi connectivity index (χ1n) is 7.50. The van der Waals surface area contributed by atoms with Gasteiger partial charge in [0, 0.05) is 30.4 Å². The van der Waals surface area contributed by atoms with E-state index in [2.05, 4.69) is 15.4 Å². The average molecular weight is 326 g/mol. The van der Waals surface area contributed by atoms with Gasteiger partial charge in [-0.05, 0) is 26.0 Å². The Kier molecular flexibility index (Phi) is 3.92. The van der Waals surface area contributed by atoms with Crippen molar-refractivity contribution in [2.24, 2.45) is 18.0 Å². The van der Waals surface area contributed by atoms with Crippen molar-refractivity contribution in [3.63, 3.8) is 0 Å². The number of hydrogen-bond donors (Lipinski definition) is 1. The maximum atomic E-state index is 12.4. The van der Waals surface area contributed by atoms with Gasteiger partial charge in [-0.3, -0.25) is 14.3 Å². The topological polar surface area (TPSA) is 85.6 Å². The van der Waals surface area contributed by atoms with Crippen molar-refractivity contribution in [3.05, 3.63) is 46.8 Å². The second-order valence-electron chi connectivity index (χ2n) is 5.77. The molecule has 7 heteroatoms. The van der Waals surface area contributed by atoms with Crippen molar-refractivity contribution in [1.29, 1.82) is 0 Å². The van der Waals surface area contributed by atoms with Gasteiger partial charge < -0.3 is 10.1 Å². The van der Waals surface area contributed by atoms with Crippen LogP contribution in [0.15, 0.2) is 46.3 Å². The SMILES string of the molecule is COc1nn(C)cc1C(=O)N=C1C=CC2C(=C1)NC(=O)C(C)=C2C. The van der Waals surface area contributed by atoms with Gasteiger partial charge in [-0.1, -0.05) is 11.6 Å². The summed E-state index contributed by atoms with van der Waals surface area (Å²) >= 11 is 0. The monoisotopic (exact) mass is 326 g/mol. The fraction of sp³-hybridized carbons (Fsp3) is 0.294. The number of aryl methyl sites for hydroxylation is 1. The molecule has 0 bridgehead atoms. The molecule has 0 aromatic carbocycles. The predicted octanol–water partition coefficient (Wildman–Crippen LogP) is 1.55. The Balaban J connectivity index is 1.91. The van der Waals surface area contributed by atoms with Crippen LogP contribution in [0.3, 0.4) is 0 Å². The highest BCUT2D eigenvalue weighted by Gasteiger charge is 2.27. The molecule has 1 atom stereocenters. The van der Waals surface area contributed by atoms with E-state index in [1.807, 2.05) is 13.0 Å². The minimum atomic E-state index is -0.444. The van der Waals surface area contributed by atoms with Crippen LogP contribution < -0.4 is 10.1 Å². The van der Waals surface area contributed by atoms with Gasteiger partial charge in [-0.25, -0.2) is 4.99 Å². The summed E-state index contributed by atoms with van der Waals surface area (Å²) in [5, 5.41) is 6.89. The fourth-order valence-electron chi connectivity index (χ4n) is 2.74. The molecule has 7 nitrogen and oxygen atoms in total. The first-order valence-corrected chi connectivity index (χ1v) is 7.50. The molecular formula is C17H18N4O3. The molecule has 0 saturated carbocycles. The Bertz CT molecular complexity index is 855. The molecule has 124 valence electrons. The number of nitrogens with zero attached hydrogens (tertiary/aromatic N) is 3.